The fraction of sp³-hybridized carbons (Fsp3) is 0.500. The van der Waals surface area contributed by atoms with Gasteiger partial charge >= 0.3 is 0 Å². The summed E-state index contributed by atoms with van der Waals surface area (Å²) in [5.74, 6) is -2.70. The first kappa shape index (κ1) is 18.2. The molecule has 0 fully saturated rings. The van der Waals surface area contributed by atoms with E-state index in [1.807, 2.05) is 38.1 Å². The van der Waals surface area contributed by atoms with Gasteiger partial charge in [0, 0.05) is 17.6 Å². The first-order valence-corrected chi connectivity index (χ1v) is 8.68. The van der Waals surface area contributed by atoms with Gasteiger partial charge in [-0.2, -0.15) is 0 Å². The third kappa shape index (κ3) is 4.47. The zero-order valence-electron chi connectivity index (χ0n) is 14.7. The number of aliphatic carboxylic acids is 1. The molecule has 0 radical (unpaired) electrons. The lowest BCUT2D eigenvalue weighted by Gasteiger charge is -2.32. The highest BCUT2D eigenvalue weighted by Crippen LogP contribution is 2.34. The summed E-state index contributed by atoms with van der Waals surface area (Å²) in [6.45, 7) is 6.04. The second-order valence-corrected chi connectivity index (χ2v) is 6.79. The van der Waals surface area contributed by atoms with Crippen molar-refractivity contribution < 1.29 is 14.7 Å². The van der Waals surface area contributed by atoms with Crippen molar-refractivity contribution in [2.24, 2.45) is 11.8 Å². The number of carboxylic acids is 1. The minimum atomic E-state index is -1.14. The summed E-state index contributed by atoms with van der Waals surface area (Å²) in [4.78, 5) is 24.0. The summed E-state index contributed by atoms with van der Waals surface area (Å²) in [7, 11) is 0. The van der Waals surface area contributed by atoms with Crippen molar-refractivity contribution in [1.82, 2.24) is 0 Å². The van der Waals surface area contributed by atoms with Crippen LogP contribution in [0.3, 0.4) is 0 Å². The molecule has 1 aliphatic carbocycles. The van der Waals surface area contributed by atoms with Crippen LogP contribution in [0.25, 0.3) is 0 Å². The van der Waals surface area contributed by atoms with E-state index in [1.54, 1.807) is 0 Å². The van der Waals surface area contributed by atoms with Crippen molar-refractivity contribution in [2.75, 3.05) is 5.32 Å². The number of unbranched alkanes of at least 4 members (excludes halogenated alkanes) is 1. The Kier molecular flexibility index (Phi) is 6.18. The van der Waals surface area contributed by atoms with Gasteiger partial charge in [-0.05, 0) is 57.2 Å². The van der Waals surface area contributed by atoms with E-state index in [0.717, 1.165) is 30.4 Å². The largest absolute Gasteiger partial charge is 0.550 e. The number of hydrogen-bond acceptors (Lipinski definition) is 3. The summed E-state index contributed by atoms with van der Waals surface area (Å²) in [5.41, 5.74) is 4.10. The lowest BCUT2D eigenvalue weighted by molar-refractivity contribution is -0.313. The van der Waals surface area contributed by atoms with Crippen molar-refractivity contribution in [1.29, 1.82) is 0 Å². The summed E-state index contributed by atoms with van der Waals surface area (Å²) in [6, 6.07) is 7.79. The van der Waals surface area contributed by atoms with Crippen LogP contribution in [0.1, 0.15) is 52.0 Å². The van der Waals surface area contributed by atoms with Gasteiger partial charge in [-0.3, -0.25) is 4.79 Å². The molecular weight excluding hydrogens is 302 g/mol. The maximum Gasteiger partial charge on any atom is 0.228 e. The van der Waals surface area contributed by atoms with E-state index in [2.05, 4.69) is 12.2 Å². The third-order valence-corrected chi connectivity index (χ3v) is 4.95. The molecule has 1 aliphatic rings. The van der Waals surface area contributed by atoms with Crippen LogP contribution >= 0.6 is 0 Å². The maximum absolute atomic E-state index is 12.6. The Labute approximate surface area is 144 Å². The van der Waals surface area contributed by atoms with Gasteiger partial charge in [0.1, 0.15) is 0 Å². The van der Waals surface area contributed by atoms with Gasteiger partial charge < -0.3 is 15.2 Å². The van der Waals surface area contributed by atoms with Crippen LogP contribution in [0.15, 0.2) is 35.4 Å². The number of carbonyl (C=O) groups is 2. The molecule has 2 atom stereocenters. The average Bonchev–Trinajstić information content (AvgIpc) is 2.56. The number of benzene rings is 1. The summed E-state index contributed by atoms with van der Waals surface area (Å²) >= 11 is 0. The molecule has 4 heteroatoms. The first-order chi connectivity index (χ1) is 11.4. The van der Waals surface area contributed by atoms with Gasteiger partial charge in [0.2, 0.25) is 5.91 Å². The monoisotopic (exact) mass is 328 g/mol. The lowest BCUT2D eigenvalue weighted by atomic mass is 9.76. The van der Waals surface area contributed by atoms with E-state index in [1.165, 1.54) is 5.56 Å². The Morgan fingerprint density at radius 2 is 1.67 bits per heavy atom. The first-order valence-electron chi connectivity index (χ1n) is 8.68. The van der Waals surface area contributed by atoms with Crippen molar-refractivity contribution in [3.8, 4) is 0 Å². The minimum absolute atomic E-state index is 0.239. The number of hydrogen-bond donors (Lipinski definition) is 1. The molecule has 0 aromatic heterocycles. The lowest BCUT2D eigenvalue weighted by Crippen LogP contribution is -2.42. The molecule has 2 rings (SSSR count). The normalized spacial score (nSPS) is 20.8. The average molecular weight is 328 g/mol. The van der Waals surface area contributed by atoms with Gasteiger partial charge in [-0.25, -0.2) is 0 Å². The number of amides is 1. The number of rotatable bonds is 6. The number of aryl methyl sites for hydroxylation is 1. The Hall–Kier alpha value is -2.10. The predicted molar refractivity (Wildman–Crippen MR) is 93.3 cm³/mol. The molecule has 130 valence electrons. The second-order valence-electron chi connectivity index (χ2n) is 6.79. The van der Waals surface area contributed by atoms with Gasteiger partial charge in [0.15, 0.2) is 0 Å². The van der Waals surface area contributed by atoms with Crippen LogP contribution in [-0.4, -0.2) is 11.9 Å². The van der Waals surface area contributed by atoms with E-state index in [4.69, 9.17) is 0 Å². The molecule has 24 heavy (non-hydrogen) atoms. The zero-order valence-corrected chi connectivity index (χ0v) is 14.7. The van der Waals surface area contributed by atoms with Crippen LogP contribution in [-0.2, 0) is 16.0 Å². The van der Waals surface area contributed by atoms with E-state index in [0.29, 0.717) is 18.5 Å². The quantitative estimate of drug-likeness (QED) is 0.816. The highest BCUT2D eigenvalue weighted by molar-refractivity contribution is 5.95. The molecule has 0 saturated carbocycles. The fourth-order valence-corrected chi connectivity index (χ4v) is 3.19. The molecule has 4 nitrogen and oxygen atoms in total. The number of carbonyl (C=O) groups excluding carboxylic acids is 2. The molecule has 0 unspecified atom stereocenters. The number of allylic oxidation sites excluding steroid dienone is 2. The molecule has 1 N–H and O–H groups in total. The zero-order chi connectivity index (χ0) is 17.7. The molecule has 1 aromatic carbocycles. The van der Waals surface area contributed by atoms with Gasteiger partial charge in [0.05, 0.1) is 5.92 Å². The summed E-state index contributed by atoms with van der Waals surface area (Å²) in [6.07, 6.45) is 4.19. The highest BCUT2D eigenvalue weighted by atomic mass is 16.4. The molecule has 0 aliphatic heterocycles. The number of nitrogens with one attached hydrogen (secondary N) is 1. The van der Waals surface area contributed by atoms with Gasteiger partial charge in [-0.15, -0.1) is 0 Å². The predicted octanol–water partition coefficient (Wildman–Crippen LogP) is 3.08. The van der Waals surface area contributed by atoms with Gasteiger partial charge in [-0.1, -0.05) is 36.6 Å². The molecule has 0 heterocycles. The van der Waals surface area contributed by atoms with Crippen molar-refractivity contribution in [3.63, 3.8) is 0 Å². The smallest absolute Gasteiger partial charge is 0.228 e. The third-order valence-electron chi connectivity index (χ3n) is 4.95. The Morgan fingerprint density at radius 3 is 2.21 bits per heavy atom. The standard InChI is InChI=1S/C20H27NO3/c1-4-5-6-15-7-9-16(10-8-15)21-19(22)17-11-13(2)14(3)12-18(17)20(23)24/h7-10,17-18H,4-6,11-12H2,1-3H3,(H,21,22)(H,23,24)/p-1/t17-,18+/m0/s1. The highest BCUT2D eigenvalue weighted by Gasteiger charge is 2.33. The van der Waals surface area contributed by atoms with E-state index in [9.17, 15) is 14.7 Å². The molecule has 1 amide bonds. The van der Waals surface area contributed by atoms with E-state index >= 15 is 0 Å². The van der Waals surface area contributed by atoms with Crippen LogP contribution < -0.4 is 10.4 Å². The Balaban J connectivity index is 2.06. The van der Waals surface area contributed by atoms with Crippen LogP contribution in [0, 0.1) is 11.8 Å². The molecule has 0 bridgehead atoms. The van der Waals surface area contributed by atoms with Gasteiger partial charge in [0.25, 0.3) is 0 Å². The summed E-state index contributed by atoms with van der Waals surface area (Å²) in [5, 5.41) is 14.3. The van der Waals surface area contributed by atoms with E-state index < -0.39 is 17.8 Å². The van der Waals surface area contributed by atoms with Crippen molar-refractivity contribution in [3.05, 3.63) is 41.0 Å². The Morgan fingerprint density at radius 1 is 1.08 bits per heavy atom. The van der Waals surface area contributed by atoms with Crippen molar-refractivity contribution >= 4 is 17.6 Å². The number of anilines is 1. The molecular formula is C20H26NO3-. The molecule has 1 aromatic rings. The van der Waals surface area contributed by atoms with Crippen molar-refractivity contribution in [2.45, 2.75) is 52.9 Å². The van der Waals surface area contributed by atoms with E-state index in [-0.39, 0.29) is 5.91 Å². The topological polar surface area (TPSA) is 69.2 Å². The SMILES string of the molecule is CCCCc1ccc(NC(=O)[C@H]2CC(C)=C(C)C[C@H]2C(=O)[O-])cc1. The van der Waals surface area contributed by atoms with Crippen LogP contribution in [0.2, 0.25) is 0 Å². The minimum Gasteiger partial charge on any atom is -0.550 e. The molecule has 0 saturated heterocycles. The van der Waals surface area contributed by atoms with Crippen LogP contribution in [0.4, 0.5) is 5.69 Å². The number of carboxylic acid groups (broad SMARTS) is 1. The fourth-order valence-electron chi connectivity index (χ4n) is 3.19. The summed E-state index contributed by atoms with van der Waals surface area (Å²) < 4.78 is 0. The maximum atomic E-state index is 12.6. The Bertz CT molecular complexity index is 631. The second kappa shape index (κ2) is 8.13. The molecule has 0 spiro atoms. The van der Waals surface area contributed by atoms with Crippen LogP contribution in [0.5, 0.6) is 0 Å².